The number of hydrogen-bond donors (Lipinski definition) is 1. The van der Waals surface area contributed by atoms with Crippen molar-refractivity contribution in [3.05, 3.63) is 62.9 Å². The van der Waals surface area contributed by atoms with Gasteiger partial charge in [-0.2, -0.15) is 0 Å². The fourth-order valence-electron chi connectivity index (χ4n) is 2.64. The summed E-state index contributed by atoms with van der Waals surface area (Å²) in [6.45, 7) is 4.78. The number of aliphatic imine (C=N–C) groups is 1. The minimum atomic E-state index is -0.269. The molecule has 0 fully saturated rings. The summed E-state index contributed by atoms with van der Waals surface area (Å²) in [5, 5.41) is 5.81. The highest BCUT2D eigenvalue weighted by molar-refractivity contribution is 8.00. The molecular weight excluding hydrogens is 399 g/mol. The summed E-state index contributed by atoms with van der Waals surface area (Å²) >= 11 is 4.64. The van der Waals surface area contributed by atoms with Gasteiger partial charge in [-0.05, 0) is 47.7 Å². The molecule has 4 rings (SSSR count). The van der Waals surface area contributed by atoms with E-state index in [-0.39, 0.29) is 11.7 Å². The largest absolute Gasteiger partial charge is 0.351 e. The lowest BCUT2D eigenvalue weighted by Gasteiger charge is -2.06. The number of amides is 1. The molecule has 2 aromatic heterocycles. The van der Waals surface area contributed by atoms with E-state index in [9.17, 15) is 9.18 Å². The first-order chi connectivity index (χ1) is 13.0. The molecule has 0 aliphatic carbocycles. The maximum atomic E-state index is 13.3. The Labute approximate surface area is 169 Å². The second-order valence-electron chi connectivity index (χ2n) is 6.57. The lowest BCUT2D eigenvalue weighted by atomic mass is 10.1. The van der Waals surface area contributed by atoms with Gasteiger partial charge in [0.1, 0.15) is 10.8 Å². The van der Waals surface area contributed by atoms with Crippen LogP contribution in [0.5, 0.6) is 0 Å². The Kier molecular flexibility index (Phi) is 5.16. The van der Waals surface area contributed by atoms with Gasteiger partial charge in [-0.25, -0.2) is 9.38 Å². The van der Waals surface area contributed by atoms with Crippen molar-refractivity contribution in [1.82, 2.24) is 5.32 Å². The average molecular weight is 417 g/mol. The van der Waals surface area contributed by atoms with Crippen molar-refractivity contribution in [1.29, 1.82) is 0 Å². The average Bonchev–Trinajstić information content (AvgIpc) is 3.23. The summed E-state index contributed by atoms with van der Waals surface area (Å²) in [5.74, 6) is 0.0682. The van der Waals surface area contributed by atoms with E-state index in [4.69, 9.17) is 4.99 Å². The molecule has 1 aliphatic heterocycles. The van der Waals surface area contributed by atoms with Crippen LogP contribution in [0.3, 0.4) is 0 Å². The minimum Gasteiger partial charge on any atom is -0.351 e. The minimum absolute atomic E-state index is 0.0635. The predicted molar refractivity (Wildman–Crippen MR) is 112 cm³/mol. The molecule has 0 saturated carbocycles. The fourth-order valence-corrected chi connectivity index (χ4v) is 5.83. The summed E-state index contributed by atoms with van der Waals surface area (Å²) in [6.07, 6.45) is 0. The van der Waals surface area contributed by atoms with Gasteiger partial charge in [-0.15, -0.1) is 22.7 Å². The first kappa shape index (κ1) is 18.4. The molecule has 1 N–H and O–H groups in total. The Hall–Kier alpha value is -1.96. The first-order valence-corrected chi connectivity index (χ1v) is 11.0. The molecule has 0 unspecified atom stereocenters. The molecule has 7 heteroatoms. The van der Waals surface area contributed by atoms with E-state index in [0.29, 0.717) is 17.3 Å². The third-order valence-corrected chi connectivity index (χ3v) is 7.27. The SMILES string of the molecule is CC(C)CNC(=O)c1cc2c(s1)N=C(c1ccc(F)cc1)c1sccc1S2. The Bertz CT molecular complexity index is 1020. The zero-order valence-electron chi connectivity index (χ0n) is 14.8. The third kappa shape index (κ3) is 3.85. The van der Waals surface area contributed by atoms with Gasteiger partial charge in [0, 0.05) is 21.9 Å². The quantitative estimate of drug-likeness (QED) is 0.445. The van der Waals surface area contributed by atoms with Crippen molar-refractivity contribution in [2.45, 2.75) is 23.6 Å². The van der Waals surface area contributed by atoms with Gasteiger partial charge in [0.25, 0.3) is 5.91 Å². The smallest absolute Gasteiger partial charge is 0.261 e. The van der Waals surface area contributed by atoms with E-state index in [2.05, 4.69) is 25.2 Å². The Morgan fingerprint density at radius 2 is 1.96 bits per heavy atom. The number of rotatable bonds is 4. The van der Waals surface area contributed by atoms with Crippen LogP contribution in [-0.2, 0) is 0 Å². The number of benzene rings is 1. The Morgan fingerprint density at radius 1 is 1.19 bits per heavy atom. The lowest BCUT2D eigenvalue weighted by Crippen LogP contribution is -2.26. The van der Waals surface area contributed by atoms with Crippen molar-refractivity contribution in [2.24, 2.45) is 10.9 Å². The van der Waals surface area contributed by atoms with Crippen LogP contribution in [-0.4, -0.2) is 18.2 Å². The third-order valence-electron chi connectivity index (χ3n) is 3.97. The maximum absolute atomic E-state index is 13.3. The molecule has 3 nitrogen and oxygen atoms in total. The zero-order valence-corrected chi connectivity index (χ0v) is 17.2. The molecule has 0 bridgehead atoms. The number of hydrogen-bond acceptors (Lipinski definition) is 5. The molecule has 138 valence electrons. The first-order valence-electron chi connectivity index (χ1n) is 8.53. The molecule has 1 aliphatic rings. The second-order valence-corrected chi connectivity index (χ2v) is 9.60. The topological polar surface area (TPSA) is 41.5 Å². The predicted octanol–water partition coefficient (Wildman–Crippen LogP) is 5.97. The Balaban J connectivity index is 1.74. The van der Waals surface area contributed by atoms with Gasteiger partial charge in [0.2, 0.25) is 0 Å². The van der Waals surface area contributed by atoms with Crippen LogP contribution in [0.2, 0.25) is 0 Å². The van der Waals surface area contributed by atoms with Crippen LogP contribution < -0.4 is 5.32 Å². The normalized spacial score (nSPS) is 13.0. The van der Waals surface area contributed by atoms with Crippen molar-refractivity contribution in [2.75, 3.05) is 6.54 Å². The molecular formula is C20H17FN2OS3. The maximum Gasteiger partial charge on any atom is 0.261 e. The van der Waals surface area contributed by atoms with Crippen LogP contribution >= 0.6 is 34.4 Å². The molecule has 1 aromatic carbocycles. The highest BCUT2D eigenvalue weighted by atomic mass is 32.2. The fraction of sp³-hybridized carbons (Fsp3) is 0.200. The van der Waals surface area contributed by atoms with E-state index in [1.165, 1.54) is 23.5 Å². The van der Waals surface area contributed by atoms with Crippen LogP contribution in [0.4, 0.5) is 9.39 Å². The number of nitrogens with zero attached hydrogens (tertiary/aromatic N) is 1. The molecule has 1 amide bonds. The summed E-state index contributed by atoms with van der Waals surface area (Å²) < 4.78 is 13.3. The summed E-state index contributed by atoms with van der Waals surface area (Å²) in [4.78, 5) is 21.1. The Morgan fingerprint density at radius 3 is 2.70 bits per heavy atom. The molecule has 0 atom stereocenters. The number of carbonyl (C=O) groups excluding carboxylic acids is 1. The van der Waals surface area contributed by atoms with E-state index < -0.39 is 0 Å². The molecule has 0 spiro atoms. The van der Waals surface area contributed by atoms with E-state index >= 15 is 0 Å². The standard InChI is InChI=1S/C20H17FN2OS3/c1-11(2)10-22-19(24)15-9-16-20(27-15)23-17(12-3-5-13(21)6-4-12)18-14(26-16)7-8-25-18/h3-9,11H,10H2,1-2H3,(H,22,24). The van der Waals surface area contributed by atoms with Crippen molar-refractivity contribution >= 4 is 51.1 Å². The molecule has 3 aromatic rings. The molecule has 27 heavy (non-hydrogen) atoms. The van der Waals surface area contributed by atoms with E-state index in [0.717, 1.165) is 30.9 Å². The van der Waals surface area contributed by atoms with Crippen LogP contribution in [0.15, 0.2) is 56.6 Å². The van der Waals surface area contributed by atoms with Crippen LogP contribution in [0, 0.1) is 11.7 Å². The van der Waals surface area contributed by atoms with Gasteiger partial charge < -0.3 is 5.32 Å². The van der Waals surface area contributed by atoms with Crippen LogP contribution in [0.25, 0.3) is 0 Å². The highest BCUT2D eigenvalue weighted by Gasteiger charge is 2.23. The number of carbonyl (C=O) groups is 1. The summed E-state index contributed by atoms with van der Waals surface area (Å²) in [7, 11) is 0. The van der Waals surface area contributed by atoms with Crippen molar-refractivity contribution < 1.29 is 9.18 Å². The molecule has 3 heterocycles. The number of thiophene rings is 2. The molecule has 0 saturated heterocycles. The zero-order chi connectivity index (χ0) is 19.0. The lowest BCUT2D eigenvalue weighted by molar-refractivity contribution is 0.0953. The second kappa shape index (κ2) is 7.58. The number of fused-ring (bicyclic) bond motifs is 2. The van der Waals surface area contributed by atoms with Gasteiger partial charge in [-0.1, -0.05) is 25.6 Å². The molecule has 0 radical (unpaired) electrons. The van der Waals surface area contributed by atoms with E-state index in [1.807, 2.05) is 11.4 Å². The van der Waals surface area contributed by atoms with E-state index in [1.54, 1.807) is 35.2 Å². The van der Waals surface area contributed by atoms with Crippen molar-refractivity contribution in [3.8, 4) is 0 Å². The summed E-state index contributed by atoms with van der Waals surface area (Å²) in [5.41, 5.74) is 1.69. The van der Waals surface area contributed by atoms with Gasteiger partial charge in [0.05, 0.1) is 15.5 Å². The van der Waals surface area contributed by atoms with Crippen LogP contribution in [0.1, 0.15) is 34.0 Å². The highest BCUT2D eigenvalue weighted by Crippen LogP contribution is 2.47. The number of halogens is 1. The van der Waals surface area contributed by atoms with Gasteiger partial charge in [-0.3, -0.25) is 4.79 Å². The van der Waals surface area contributed by atoms with Gasteiger partial charge in [0.15, 0.2) is 0 Å². The van der Waals surface area contributed by atoms with Gasteiger partial charge >= 0.3 is 0 Å². The number of nitrogens with one attached hydrogen (secondary N) is 1. The summed E-state index contributed by atoms with van der Waals surface area (Å²) in [6, 6.07) is 10.4. The van der Waals surface area contributed by atoms with Crippen molar-refractivity contribution in [3.63, 3.8) is 0 Å². The monoisotopic (exact) mass is 416 g/mol.